The fourth-order valence-electron chi connectivity index (χ4n) is 2.37. The minimum absolute atomic E-state index is 0.154. The first kappa shape index (κ1) is 18.2. The Morgan fingerprint density at radius 2 is 1.73 bits per heavy atom. The van der Waals surface area contributed by atoms with Gasteiger partial charge in [0.1, 0.15) is 0 Å². The Bertz CT molecular complexity index is 890. The molecule has 3 aromatic rings. The first-order chi connectivity index (χ1) is 12.7. The van der Waals surface area contributed by atoms with Gasteiger partial charge in [-0.05, 0) is 47.8 Å². The quantitative estimate of drug-likeness (QED) is 0.610. The first-order valence-corrected chi connectivity index (χ1v) is 9.91. The van der Waals surface area contributed by atoms with Gasteiger partial charge in [0.25, 0.3) is 11.8 Å². The summed E-state index contributed by atoms with van der Waals surface area (Å²) in [5.74, 6) is 0.521. The molecule has 0 unspecified atom stereocenters. The van der Waals surface area contributed by atoms with Crippen molar-refractivity contribution in [3.63, 3.8) is 0 Å². The van der Waals surface area contributed by atoms with Crippen molar-refractivity contribution in [2.75, 3.05) is 12.4 Å². The lowest BCUT2D eigenvalue weighted by atomic mass is 10.1. The molecule has 6 heteroatoms. The third-order valence-corrected chi connectivity index (χ3v) is 5.90. The summed E-state index contributed by atoms with van der Waals surface area (Å²) in [5.41, 5.74) is 1.85. The van der Waals surface area contributed by atoms with Gasteiger partial charge in [0, 0.05) is 33.8 Å². The van der Waals surface area contributed by atoms with E-state index in [2.05, 4.69) is 22.1 Å². The molecule has 1 aromatic heterocycles. The van der Waals surface area contributed by atoms with Crippen LogP contribution in [-0.2, 0) is 5.75 Å². The molecular formula is C20H18N2O2S2. The summed E-state index contributed by atoms with van der Waals surface area (Å²) in [6.07, 6.45) is 0. The summed E-state index contributed by atoms with van der Waals surface area (Å²) in [6.45, 7) is 0. The highest BCUT2D eigenvalue weighted by Gasteiger charge is 2.12. The lowest BCUT2D eigenvalue weighted by molar-refractivity contribution is 0.0962. The number of hydrogen-bond acceptors (Lipinski definition) is 4. The number of nitrogens with one attached hydrogen (secondary N) is 2. The maximum Gasteiger partial charge on any atom is 0.256 e. The van der Waals surface area contributed by atoms with Gasteiger partial charge in [-0.3, -0.25) is 9.59 Å². The van der Waals surface area contributed by atoms with E-state index >= 15 is 0 Å². The first-order valence-electron chi connectivity index (χ1n) is 8.05. The number of rotatable bonds is 6. The lowest BCUT2D eigenvalue weighted by Crippen LogP contribution is -2.18. The monoisotopic (exact) mass is 382 g/mol. The normalized spacial score (nSPS) is 10.3. The summed E-state index contributed by atoms with van der Waals surface area (Å²) in [4.78, 5) is 26.5. The second-order valence-electron chi connectivity index (χ2n) is 5.47. The minimum Gasteiger partial charge on any atom is -0.355 e. The maximum atomic E-state index is 12.7. The van der Waals surface area contributed by atoms with Gasteiger partial charge in [0.2, 0.25) is 0 Å². The van der Waals surface area contributed by atoms with Gasteiger partial charge in [-0.25, -0.2) is 0 Å². The van der Waals surface area contributed by atoms with Crippen LogP contribution in [0.1, 0.15) is 25.6 Å². The number of anilines is 1. The predicted molar refractivity (Wildman–Crippen MR) is 108 cm³/mol. The SMILES string of the molecule is CNC(=O)c1ccc(NC(=O)c2ccccc2SCc2cccs2)cc1. The highest BCUT2D eigenvalue weighted by atomic mass is 32.2. The Morgan fingerprint density at radius 3 is 2.42 bits per heavy atom. The van der Waals surface area contributed by atoms with Gasteiger partial charge in [-0.15, -0.1) is 23.1 Å². The third-order valence-electron chi connectivity index (χ3n) is 3.71. The van der Waals surface area contributed by atoms with E-state index in [1.807, 2.05) is 30.3 Å². The van der Waals surface area contributed by atoms with Crippen LogP contribution in [0.4, 0.5) is 5.69 Å². The zero-order valence-electron chi connectivity index (χ0n) is 14.2. The number of carbonyl (C=O) groups is 2. The molecule has 2 N–H and O–H groups in total. The molecule has 0 atom stereocenters. The van der Waals surface area contributed by atoms with Crippen molar-refractivity contribution >= 4 is 40.6 Å². The number of hydrogen-bond donors (Lipinski definition) is 2. The number of thioether (sulfide) groups is 1. The van der Waals surface area contributed by atoms with E-state index in [1.54, 1.807) is 54.4 Å². The zero-order chi connectivity index (χ0) is 18.4. The largest absolute Gasteiger partial charge is 0.355 e. The Kier molecular flexibility index (Phi) is 6.09. The van der Waals surface area contributed by atoms with Crippen LogP contribution in [0, 0.1) is 0 Å². The maximum absolute atomic E-state index is 12.7. The van der Waals surface area contributed by atoms with Crippen molar-refractivity contribution in [1.82, 2.24) is 5.32 Å². The van der Waals surface area contributed by atoms with Crippen molar-refractivity contribution < 1.29 is 9.59 Å². The van der Waals surface area contributed by atoms with E-state index in [1.165, 1.54) is 4.88 Å². The minimum atomic E-state index is -0.160. The molecule has 0 aliphatic rings. The zero-order valence-corrected chi connectivity index (χ0v) is 15.8. The summed E-state index contributed by atoms with van der Waals surface area (Å²) in [7, 11) is 1.59. The molecule has 0 bridgehead atoms. The van der Waals surface area contributed by atoms with Crippen LogP contribution in [0.15, 0.2) is 70.9 Å². The van der Waals surface area contributed by atoms with Gasteiger partial charge < -0.3 is 10.6 Å². The third kappa shape index (κ3) is 4.53. The fraction of sp³-hybridized carbons (Fsp3) is 0.100. The molecule has 132 valence electrons. The lowest BCUT2D eigenvalue weighted by Gasteiger charge is -2.10. The van der Waals surface area contributed by atoms with Gasteiger partial charge in [0.05, 0.1) is 5.56 Å². The molecule has 3 rings (SSSR count). The van der Waals surface area contributed by atoms with Gasteiger partial charge in [0.15, 0.2) is 0 Å². The van der Waals surface area contributed by atoms with Gasteiger partial charge in [-0.2, -0.15) is 0 Å². The Labute approximate surface area is 160 Å². The van der Waals surface area contributed by atoms with Crippen LogP contribution in [0.25, 0.3) is 0 Å². The molecular weight excluding hydrogens is 364 g/mol. The van der Waals surface area contributed by atoms with Crippen molar-refractivity contribution in [2.45, 2.75) is 10.6 Å². The molecule has 0 aliphatic carbocycles. The average Bonchev–Trinajstić information content (AvgIpc) is 3.20. The van der Waals surface area contributed by atoms with E-state index in [4.69, 9.17) is 0 Å². The smallest absolute Gasteiger partial charge is 0.256 e. The molecule has 26 heavy (non-hydrogen) atoms. The van der Waals surface area contributed by atoms with E-state index in [0.717, 1.165) is 10.6 Å². The average molecular weight is 383 g/mol. The van der Waals surface area contributed by atoms with Gasteiger partial charge in [-0.1, -0.05) is 18.2 Å². The van der Waals surface area contributed by atoms with Crippen LogP contribution in [-0.4, -0.2) is 18.9 Å². The highest BCUT2D eigenvalue weighted by molar-refractivity contribution is 7.98. The predicted octanol–water partition coefficient (Wildman–Crippen LogP) is 4.65. The summed E-state index contributed by atoms with van der Waals surface area (Å²) in [5, 5.41) is 7.52. The van der Waals surface area contributed by atoms with Gasteiger partial charge >= 0.3 is 0 Å². The van der Waals surface area contributed by atoms with E-state index in [-0.39, 0.29) is 11.8 Å². The van der Waals surface area contributed by atoms with Crippen LogP contribution in [0.3, 0.4) is 0 Å². The van der Waals surface area contributed by atoms with E-state index in [9.17, 15) is 9.59 Å². The molecule has 0 saturated heterocycles. The highest BCUT2D eigenvalue weighted by Crippen LogP contribution is 2.28. The van der Waals surface area contributed by atoms with Crippen LogP contribution in [0.5, 0.6) is 0 Å². The standard InChI is InChI=1S/C20H18N2O2S2/c1-21-19(23)14-8-10-15(11-9-14)22-20(24)17-6-2-3-7-18(17)26-13-16-5-4-12-25-16/h2-12H,13H2,1H3,(H,21,23)(H,22,24). The van der Waals surface area contributed by atoms with Crippen molar-refractivity contribution in [1.29, 1.82) is 0 Å². The number of amides is 2. The van der Waals surface area contributed by atoms with E-state index < -0.39 is 0 Å². The second-order valence-corrected chi connectivity index (χ2v) is 7.52. The molecule has 0 saturated carbocycles. The van der Waals surface area contributed by atoms with E-state index in [0.29, 0.717) is 16.8 Å². The van der Waals surface area contributed by atoms with Crippen LogP contribution >= 0.6 is 23.1 Å². The van der Waals surface area contributed by atoms with Crippen molar-refractivity contribution in [3.8, 4) is 0 Å². The summed E-state index contributed by atoms with van der Waals surface area (Å²) >= 11 is 3.36. The molecule has 4 nitrogen and oxygen atoms in total. The number of thiophene rings is 1. The number of benzene rings is 2. The van der Waals surface area contributed by atoms with Crippen LogP contribution < -0.4 is 10.6 Å². The Morgan fingerprint density at radius 1 is 0.962 bits per heavy atom. The molecule has 0 fully saturated rings. The van der Waals surface area contributed by atoms with Crippen LogP contribution in [0.2, 0.25) is 0 Å². The molecule has 0 spiro atoms. The molecule has 0 aliphatic heterocycles. The fourth-order valence-corrected chi connectivity index (χ4v) is 4.19. The number of carbonyl (C=O) groups excluding carboxylic acids is 2. The Balaban J connectivity index is 1.70. The molecule has 1 heterocycles. The molecule has 2 amide bonds. The summed E-state index contributed by atoms with van der Waals surface area (Å²) < 4.78 is 0. The Hall–Kier alpha value is -2.57. The molecule has 2 aromatic carbocycles. The summed E-state index contributed by atoms with van der Waals surface area (Å²) in [6, 6.07) is 18.5. The second kappa shape index (κ2) is 8.69. The topological polar surface area (TPSA) is 58.2 Å². The van der Waals surface area contributed by atoms with Crippen molar-refractivity contribution in [3.05, 3.63) is 82.0 Å². The van der Waals surface area contributed by atoms with Crippen molar-refractivity contribution in [2.24, 2.45) is 0 Å². The molecule has 0 radical (unpaired) electrons.